The number of aryl methyl sites for hydroxylation is 2. The number of sulfonamides is 1. The first-order chi connectivity index (χ1) is 14.4. The first-order valence-corrected chi connectivity index (χ1v) is 12.4. The highest BCUT2D eigenvalue weighted by Gasteiger charge is 2.17. The molecule has 30 heavy (non-hydrogen) atoms. The number of carbonyl (C=O) groups excluding carboxylic acids is 1. The van der Waals surface area contributed by atoms with Crippen LogP contribution >= 0.6 is 22.7 Å². The molecule has 0 aliphatic rings. The Bertz CT molecular complexity index is 1260. The van der Waals surface area contributed by atoms with Gasteiger partial charge in [0, 0.05) is 34.9 Å². The van der Waals surface area contributed by atoms with E-state index in [0.29, 0.717) is 24.1 Å². The number of thiophene rings is 1. The molecule has 1 N–H and O–H groups in total. The predicted octanol–water partition coefficient (Wildman–Crippen LogP) is 4.36. The lowest BCUT2D eigenvalue weighted by Gasteiger charge is -2.05. The minimum atomic E-state index is -3.62. The van der Waals surface area contributed by atoms with Gasteiger partial charge in [-0.1, -0.05) is 24.3 Å². The van der Waals surface area contributed by atoms with E-state index >= 15 is 0 Å². The zero-order valence-corrected chi connectivity index (χ0v) is 18.6. The molecule has 4 aromatic rings. The van der Waals surface area contributed by atoms with Crippen molar-refractivity contribution < 1.29 is 13.2 Å². The fourth-order valence-electron chi connectivity index (χ4n) is 2.92. The number of rotatable bonds is 8. The number of aromatic nitrogens is 2. The summed E-state index contributed by atoms with van der Waals surface area (Å²) in [4.78, 5) is 21.8. The fraction of sp³-hybridized carbons (Fsp3) is 0.190. The molecule has 154 valence electrons. The highest BCUT2D eigenvalue weighted by atomic mass is 32.2. The number of benzene rings is 1. The van der Waals surface area contributed by atoms with Crippen LogP contribution in [0.5, 0.6) is 0 Å². The third-order valence-corrected chi connectivity index (χ3v) is 8.48. The molecule has 0 aliphatic heterocycles. The third-order valence-electron chi connectivity index (χ3n) is 4.51. The quantitative estimate of drug-likeness (QED) is 0.397. The van der Waals surface area contributed by atoms with E-state index in [1.54, 1.807) is 35.7 Å². The van der Waals surface area contributed by atoms with Gasteiger partial charge < -0.3 is 0 Å². The van der Waals surface area contributed by atoms with Crippen LogP contribution in [0.25, 0.3) is 10.1 Å². The topological polar surface area (TPSA) is 89.0 Å². The molecule has 0 spiro atoms. The monoisotopic (exact) mass is 457 g/mol. The van der Waals surface area contributed by atoms with Crippen LogP contribution in [0.15, 0.2) is 59.1 Å². The highest BCUT2D eigenvalue weighted by Crippen LogP contribution is 2.28. The molecule has 3 aromatic heterocycles. The highest BCUT2D eigenvalue weighted by molar-refractivity contribution is 7.91. The first-order valence-electron chi connectivity index (χ1n) is 9.28. The Hall–Kier alpha value is -2.46. The van der Waals surface area contributed by atoms with Crippen LogP contribution in [0.2, 0.25) is 0 Å². The van der Waals surface area contributed by atoms with Crippen molar-refractivity contribution in [1.82, 2.24) is 14.7 Å². The van der Waals surface area contributed by atoms with Crippen molar-refractivity contribution in [3.05, 3.63) is 76.0 Å². The van der Waals surface area contributed by atoms with Crippen molar-refractivity contribution in [3.8, 4) is 0 Å². The standard InChI is InChI=1S/C21H19N3O3S3/c1-14-22-13-17(28-14)7-9-19(25)18-8-6-15(11-23-18)12-24-30(26,27)21-10-16-4-2-3-5-20(16)29-21/h2-6,8,10-11,13,24H,7,9,12H2,1H3. The van der Waals surface area contributed by atoms with E-state index in [1.807, 2.05) is 31.2 Å². The van der Waals surface area contributed by atoms with Crippen molar-refractivity contribution in [3.63, 3.8) is 0 Å². The van der Waals surface area contributed by atoms with Crippen LogP contribution in [-0.2, 0) is 23.0 Å². The molecule has 0 saturated carbocycles. The minimum absolute atomic E-state index is 0.0431. The molecule has 0 fully saturated rings. The summed E-state index contributed by atoms with van der Waals surface area (Å²) < 4.78 is 29.0. The largest absolute Gasteiger partial charge is 0.292 e. The van der Waals surface area contributed by atoms with Crippen LogP contribution in [0.3, 0.4) is 0 Å². The van der Waals surface area contributed by atoms with Crippen LogP contribution in [0, 0.1) is 6.92 Å². The number of hydrogen-bond acceptors (Lipinski definition) is 7. The summed E-state index contributed by atoms with van der Waals surface area (Å²) in [5.74, 6) is -0.0431. The molecule has 0 saturated heterocycles. The van der Waals surface area contributed by atoms with Crippen molar-refractivity contribution >= 4 is 48.6 Å². The van der Waals surface area contributed by atoms with Crippen molar-refractivity contribution in [1.29, 1.82) is 0 Å². The Labute approximate surface area is 182 Å². The van der Waals surface area contributed by atoms with Gasteiger partial charge in [0.1, 0.15) is 9.90 Å². The normalized spacial score (nSPS) is 11.8. The molecule has 3 heterocycles. The van der Waals surface area contributed by atoms with Crippen LogP contribution in [-0.4, -0.2) is 24.2 Å². The lowest BCUT2D eigenvalue weighted by Crippen LogP contribution is -2.22. The van der Waals surface area contributed by atoms with Crippen molar-refractivity contribution in [2.75, 3.05) is 0 Å². The molecular weight excluding hydrogens is 438 g/mol. The number of nitrogens with one attached hydrogen (secondary N) is 1. The summed E-state index contributed by atoms with van der Waals surface area (Å²) in [6.45, 7) is 2.05. The maximum absolute atomic E-state index is 12.6. The second kappa shape index (κ2) is 8.73. The average molecular weight is 458 g/mol. The molecule has 0 bridgehead atoms. The summed E-state index contributed by atoms with van der Waals surface area (Å²) in [5, 5.41) is 1.89. The number of thiazole rings is 1. The van der Waals surface area contributed by atoms with Gasteiger partial charge in [0.15, 0.2) is 5.78 Å². The van der Waals surface area contributed by atoms with Gasteiger partial charge in [-0.05, 0) is 42.5 Å². The number of hydrogen-bond donors (Lipinski definition) is 1. The average Bonchev–Trinajstić information content (AvgIpc) is 3.37. The van der Waals surface area contributed by atoms with E-state index in [-0.39, 0.29) is 16.5 Å². The molecule has 0 amide bonds. The number of fused-ring (bicyclic) bond motifs is 1. The number of ketones is 1. The molecule has 4 rings (SSSR count). The summed E-state index contributed by atoms with van der Waals surface area (Å²) in [5.41, 5.74) is 1.07. The van der Waals surface area contributed by atoms with E-state index < -0.39 is 10.0 Å². The van der Waals surface area contributed by atoms with Crippen LogP contribution in [0.4, 0.5) is 0 Å². The van der Waals surface area contributed by atoms with Gasteiger partial charge in [0.25, 0.3) is 0 Å². The molecule has 0 atom stereocenters. The summed E-state index contributed by atoms with van der Waals surface area (Å²) in [7, 11) is -3.62. The molecule has 0 radical (unpaired) electrons. The van der Waals surface area contributed by atoms with Gasteiger partial charge in [-0.15, -0.1) is 22.7 Å². The van der Waals surface area contributed by atoms with E-state index in [2.05, 4.69) is 14.7 Å². The maximum Gasteiger partial charge on any atom is 0.250 e. The third kappa shape index (κ3) is 4.81. The number of pyridine rings is 1. The Balaban J connectivity index is 1.36. The number of Topliss-reactive ketones (excluding diaryl/α,β-unsaturated/α-hetero) is 1. The van der Waals surface area contributed by atoms with Gasteiger partial charge in [-0.25, -0.2) is 18.1 Å². The molecular formula is C21H19N3O3S3. The molecule has 1 aromatic carbocycles. The second-order valence-corrected chi connectivity index (χ2v) is 11.1. The van der Waals surface area contributed by atoms with Crippen LogP contribution < -0.4 is 4.72 Å². The van der Waals surface area contributed by atoms with E-state index in [4.69, 9.17) is 0 Å². The van der Waals surface area contributed by atoms with Gasteiger partial charge in [0.05, 0.1) is 5.01 Å². The van der Waals surface area contributed by atoms with E-state index in [9.17, 15) is 13.2 Å². The zero-order chi connectivity index (χ0) is 21.1. The Morgan fingerprint density at radius 2 is 1.90 bits per heavy atom. The Morgan fingerprint density at radius 3 is 2.60 bits per heavy atom. The van der Waals surface area contributed by atoms with Gasteiger partial charge >= 0.3 is 0 Å². The van der Waals surface area contributed by atoms with Crippen LogP contribution in [0.1, 0.15) is 32.4 Å². The molecule has 0 aliphatic carbocycles. The van der Waals surface area contributed by atoms with E-state index in [1.165, 1.54) is 17.5 Å². The summed E-state index contributed by atoms with van der Waals surface area (Å²) >= 11 is 2.82. The zero-order valence-electron chi connectivity index (χ0n) is 16.2. The molecule has 6 nitrogen and oxygen atoms in total. The van der Waals surface area contributed by atoms with E-state index in [0.717, 1.165) is 20.0 Å². The molecule has 0 unspecified atom stereocenters. The van der Waals surface area contributed by atoms with Crippen molar-refractivity contribution in [2.24, 2.45) is 0 Å². The van der Waals surface area contributed by atoms with Gasteiger partial charge in [0.2, 0.25) is 10.0 Å². The Morgan fingerprint density at radius 1 is 1.07 bits per heavy atom. The first kappa shape index (κ1) is 20.8. The summed E-state index contributed by atoms with van der Waals surface area (Å²) in [6.07, 6.45) is 4.35. The van der Waals surface area contributed by atoms with Crippen molar-refractivity contribution in [2.45, 2.75) is 30.5 Å². The van der Waals surface area contributed by atoms with Gasteiger partial charge in [-0.3, -0.25) is 9.78 Å². The maximum atomic E-state index is 12.6. The second-order valence-electron chi connectivity index (χ2n) is 6.75. The Kier molecular flexibility index (Phi) is 6.05. The predicted molar refractivity (Wildman–Crippen MR) is 120 cm³/mol. The lowest BCUT2D eigenvalue weighted by molar-refractivity contribution is 0.0978. The number of nitrogens with zero attached hydrogens (tertiary/aromatic N) is 2. The SMILES string of the molecule is Cc1ncc(CCC(=O)c2ccc(CNS(=O)(=O)c3cc4ccccc4s3)cn2)s1. The van der Waals surface area contributed by atoms with Gasteiger partial charge in [-0.2, -0.15) is 0 Å². The fourth-order valence-corrected chi connectivity index (χ4v) is 6.17. The lowest BCUT2D eigenvalue weighted by atomic mass is 10.1. The summed E-state index contributed by atoms with van der Waals surface area (Å²) in [6, 6.07) is 12.6. The minimum Gasteiger partial charge on any atom is -0.292 e. The number of carbonyl (C=O) groups is 1. The molecule has 9 heteroatoms. The smallest absolute Gasteiger partial charge is 0.250 e.